The molecule has 0 amide bonds. The molecule has 0 aliphatic carbocycles. The number of hydrogen-bond donors (Lipinski definition) is 1. The fourth-order valence-corrected chi connectivity index (χ4v) is 1.30. The second kappa shape index (κ2) is 6.48. The summed E-state index contributed by atoms with van der Waals surface area (Å²) in [6.07, 6.45) is 2.00. The Kier molecular flexibility index (Phi) is 5.22. The number of ether oxygens (including phenoxy) is 1. The van der Waals surface area contributed by atoms with E-state index < -0.39 is 7.12 Å². The third-order valence-electron chi connectivity index (χ3n) is 2.18. The number of hydrogen-bond acceptors (Lipinski definition) is 3. The zero-order chi connectivity index (χ0) is 11.1. The average molecular weight is 208 g/mol. The lowest BCUT2D eigenvalue weighted by molar-refractivity contribution is 0.263. The molecule has 0 heterocycles. The Morgan fingerprint density at radius 3 is 2.73 bits per heavy atom. The maximum atomic E-state index is 9.76. The fourth-order valence-electron chi connectivity index (χ4n) is 1.30. The van der Waals surface area contributed by atoms with Crippen LogP contribution in [0.3, 0.4) is 0 Å². The van der Waals surface area contributed by atoms with Crippen molar-refractivity contribution < 1.29 is 14.4 Å². The number of methoxy groups -OCH3 is 1. The largest absolute Gasteiger partial charge is 0.497 e. The Hall–Kier alpha value is -0.995. The van der Waals surface area contributed by atoms with Crippen LogP contribution in [0.5, 0.6) is 5.75 Å². The Balaban J connectivity index is 2.59. The predicted octanol–water partition coefficient (Wildman–Crippen LogP) is 1.20. The maximum absolute atomic E-state index is 9.76. The standard InChI is InChI=1S/C11H17BO3/c1-3-4-9-15-12(13)10-7-5-6-8-11(10)14-2/h5-8,13H,3-4,9H2,1-2H3. The highest BCUT2D eigenvalue weighted by Gasteiger charge is 2.19. The first-order valence-electron chi connectivity index (χ1n) is 5.22. The molecule has 82 valence electrons. The highest BCUT2D eigenvalue weighted by atomic mass is 16.5. The molecule has 0 radical (unpaired) electrons. The third-order valence-corrected chi connectivity index (χ3v) is 2.18. The highest BCUT2D eigenvalue weighted by Crippen LogP contribution is 2.06. The summed E-state index contributed by atoms with van der Waals surface area (Å²) < 4.78 is 10.4. The van der Waals surface area contributed by atoms with E-state index in [9.17, 15) is 5.02 Å². The van der Waals surface area contributed by atoms with E-state index in [2.05, 4.69) is 6.92 Å². The van der Waals surface area contributed by atoms with Gasteiger partial charge in [0.2, 0.25) is 0 Å². The molecule has 1 N–H and O–H groups in total. The zero-order valence-electron chi connectivity index (χ0n) is 9.27. The summed E-state index contributed by atoms with van der Waals surface area (Å²) in [6, 6.07) is 7.32. The first kappa shape index (κ1) is 12.1. The molecule has 0 bridgehead atoms. The van der Waals surface area contributed by atoms with Crippen molar-refractivity contribution in [3.05, 3.63) is 24.3 Å². The van der Waals surface area contributed by atoms with Gasteiger partial charge in [-0.05, 0) is 12.5 Å². The quantitative estimate of drug-likeness (QED) is 0.563. The van der Waals surface area contributed by atoms with E-state index in [1.54, 1.807) is 13.2 Å². The topological polar surface area (TPSA) is 38.7 Å². The summed E-state index contributed by atoms with van der Waals surface area (Å²) in [6.45, 7) is 2.65. The van der Waals surface area contributed by atoms with Gasteiger partial charge in [-0.3, -0.25) is 0 Å². The van der Waals surface area contributed by atoms with Gasteiger partial charge < -0.3 is 14.4 Å². The SMILES string of the molecule is CCCCOB(O)c1ccccc1OC. The Morgan fingerprint density at radius 1 is 1.33 bits per heavy atom. The van der Waals surface area contributed by atoms with Crippen molar-refractivity contribution in [3.63, 3.8) is 0 Å². The zero-order valence-corrected chi connectivity index (χ0v) is 9.27. The number of para-hydroxylation sites is 1. The van der Waals surface area contributed by atoms with Crippen molar-refractivity contribution in [2.75, 3.05) is 13.7 Å². The van der Waals surface area contributed by atoms with Crippen LogP contribution in [0.4, 0.5) is 0 Å². The van der Waals surface area contributed by atoms with Gasteiger partial charge in [0.15, 0.2) is 0 Å². The maximum Gasteiger partial charge on any atom is 0.494 e. The minimum absolute atomic E-state index is 0.565. The highest BCUT2D eigenvalue weighted by molar-refractivity contribution is 6.61. The van der Waals surface area contributed by atoms with E-state index in [0.717, 1.165) is 12.8 Å². The van der Waals surface area contributed by atoms with E-state index in [0.29, 0.717) is 17.8 Å². The summed E-state index contributed by atoms with van der Waals surface area (Å²) in [5.74, 6) is 0.654. The van der Waals surface area contributed by atoms with Crippen LogP contribution >= 0.6 is 0 Å². The molecule has 1 aromatic rings. The molecule has 0 unspecified atom stereocenters. The van der Waals surface area contributed by atoms with Crippen molar-refractivity contribution >= 4 is 12.6 Å². The van der Waals surface area contributed by atoms with Crippen molar-refractivity contribution in [3.8, 4) is 5.75 Å². The van der Waals surface area contributed by atoms with Gasteiger partial charge in [0.05, 0.1) is 7.11 Å². The molecular weight excluding hydrogens is 191 g/mol. The summed E-state index contributed by atoms with van der Waals surface area (Å²) in [5, 5.41) is 9.76. The van der Waals surface area contributed by atoms with Crippen LogP contribution in [-0.4, -0.2) is 25.9 Å². The van der Waals surface area contributed by atoms with E-state index in [4.69, 9.17) is 9.39 Å². The van der Waals surface area contributed by atoms with Gasteiger partial charge in [0.1, 0.15) is 5.75 Å². The molecule has 0 aliphatic rings. The summed E-state index contributed by atoms with van der Waals surface area (Å²) in [7, 11) is 0.685. The van der Waals surface area contributed by atoms with Gasteiger partial charge in [0, 0.05) is 12.1 Å². The third kappa shape index (κ3) is 3.57. The average Bonchev–Trinajstić information content (AvgIpc) is 2.29. The van der Waals surface area contributed by atoms with Crippen LogP contribution < -0.4 is 10.2 Å². The van der Waals surface area contributed by atoms with Crippen molar-refractivity contribution in [2.24, 2.45) is 0 Å². The second-order valence-electron chi connectivity index (χ2n) is 3.32. The van der Waals surface area contributed by atoms with Gasteiger partial charge >= 0.3 is 7.12 Å². The molecular formula is C11H17BO3. The molecule has 0 aromatic heterocycles. The minimum Gasteiger partial charge on any atom is -0.497 e. The summed E-state index contributed by atoms with van der Waals surface area (Å²) in [5.41, 5.74) is 0.677. The smallest absolute Gasteiger partial charge is 0.494 e. The molecule has 0 saturated carbocycles. The minimum atomic E-state index is -0.896. The van der Waals surface area contributed by atoms with Crippen molar-refractivity contribution in [2.45, 2.75) is 19.8 Å². The molecule has 4 heteroatoms. The lowest BCUT2D eigenvalue weighted by Gasteiger charge is -2.11. The molecule has 0 atom stereocenters. The molecule has 15 heavy (non-hydrogen) atoms. The molecule has 0 aliphatic heterocycles. The van der Waals surface area contributed by atoms with Gasteiger partial charge in [-0.1, -0.05) is 31.5 Å². The first-order valence-corrected chi connectivity index (χ1v) is 5.22. The van der Waals surface area contributed by atoms with Gasteiger partial charge in [0.25, 0.3) is 0 Å². The molecule has 0 fully saturated rings. The fraction of sp³-hybridized carbons (Fsp3) is 0.455. The number of benzene rings is 1. The lowest BCUT2D eigenvalue weighted by Crippen LogP contribution is -2.34. The van der Waals surface area contributed by atoms with Crippen LogP contribution in [-0.2, 0) is 4.65 Å². The van der Waals surface area contributed by atoms with Gasteiger partial charge in [-0.15, -0.1) is 0 Å². The van der Waals surface area contributed by atoms with E-state index in [-0.39, 0.29) is 0 Å². The normalized spacial score (nSPS) is 10.1. The van der Waals surface area contributed by atoms with Crippen LogP contribution in [0.2, 0.25) is 0 Å². The van der Waals surface area contributed by atoms with E-state index >= 15 is 0 Å². The molecule has 0 saturated heterocycles. The van der Waals surface area contributed by atoms with Gasteiger partial charge in [-0.25, -0.2) is 0 Å². The van der Waals surface area contributed by atoms with E-state index in [1.165, 1.54) is 0 Å². The van der Waals surface area contributed by atoms with E-state index in [1.807, 2.05) is 18.2 Å². The first-order chi connectivity index (χ1) is 7.29. The molecule has 1 aromatic carbocycles. The Labute approximate surface area is 91.2 Å². The van der Waals surface area contributed by atoms with Crippen LogP contribution in [0.1, 0.15) is 19.8 Å². The number of unbranched alkanes of at least 4 members (excludes halogenated alkanes) is 1. The van der Waals surface area contributed by atoms with Crippen LogP contribution in [0.25, 0.3) is 0 Å². The van der Waals surface area contributed by atoms with Crippen molar-refractivity contribution in [1.29, 1.82) is 0 Å². The van der Waals surface area contributed by atoms with Crippen LogP contribution in [0.15, 0.2) is 24.3 Å². The Bertz CT molecular complexity index is 291. The van der Waals surface area contributed by atoms with Crippen LogP contribution in [0, 0.1) is 0 Å². The monoisotopic (exact) mass is 208 g/mol. The van der Waals surface area contributed by atoms with Crippen molar-refractivity contribution in [1.82, 2.24) is 0 Å². The predicted molar refractivity (Wildman–Crippen MR) is 61.5 cm³/mol. The molecule has 0 spiro atoms. The summed E-state index contributed by atoms with van der Waals surface area (Å²) in [4.78, 5) is 0. The lowest BCUT2D eigenvalue weighted by atomic mass is 9.79. The second-order valence-corrected chi connectivity index (χ2v) is 3.32. The number of rotatable bonds is 6. The Morgan fingerprint density at radius 2 is 2.07 bits per heavy atom. The molecule has 3 nitrogen and oxygen atoms in total. The molecule has 1 rings (SSSR count). The summed E-state index contributed by atoms with van der Waals surface area (Å²) >= 11 is 0. The van der Waals surface area contributed by atoms with Gasteiger partial charge in [-0.2, -0.15) is 0 Å².